The number of rotatable bonds is 6. The molecular formula is C15H13Cl2NO4S. The molecule has 8 heteroatoms. The second-order valence-corrected chi connectivity index (χ2v) is 7.56. The van der Waals surface area contributed by atoms with Gasteiger partial charge in [-0.15, -0.1) is 0 Å². The molecule has 2 aromatic rings. The highest BCUT2D eigenvalue weighted by Gasteiger charge is 2.26. The largest absolute Gasteiger partial charge is 0.480 e. The number of halogens is 2. The van der Waals surface area contributed by atoms with E-state index in [1.54, 1.807) is 24.3 Å². The summed E-state index contributed by atoms with van der Waals surface area (Å²) in [5.41, 5.74) is 0.594. The smallest absolute Gasteiger partial charge is 0.318 e. The third-order valence-corrected chi connectivity index (χ3v) is 5.30. The van der Waals surface area contributed by atoms with Crippen LogP contribution in [0.2, 0.25) is 10.0 Å². The van der Waals surface area contributed by atoms with Gasteiger partial charge in [0.15, 0.2) is 0 Å². The molecule has 0 unspecified atom stereocenters. The van der Waals surface area contributed by atoms with Crippen molar-refractivity contribution in [2.75, 3.05) is 6.54 Å². The SMILES string of the molecule is O=C(O)CN(Cc1cccc(Cl)c1)S(=O)(=O)c1ccc(Cl)cc1. The molecule has 0 saturated carbocycles. The number of carboxylic acids is 1. The fourth-order valence-electron chi connectivity index (χ4n) is 1.97. The van der Waals surface area contributed by atoms with Crippen molar-refractivity contribution in [3.05, 3.63) is 64.1 Å². The standard InChI is InChI=1S/C15H13Cl2NO4S/c16-12-4-6-14(7-5-12)23(21,22)18(10-15(19)20)9-11-2-1-3-13(17)8-11/h1-8H,9-10H2,(H,19,20). The van der Waals surface area contributed by atoms with E-state index in [4.69, 9.17) is 28.3 Å². The fraction of sp³-hybridized carbons (Fsp3) is 0.133. The lowest BCUT2D eigenvalue weighted by Crippen LogP contribution is -2.35. The van der Waals surface area contributed by atoms with E-state index in [2.05, 4.69) is 0 Å². The molecule has 0 aliphatic rings. The molecule has 0 aromatic heterocycles. The number of hydrogen-bond acceptors (Lipinski definition) is 3. The molecule has 2 rings (SSSR count). The number of carboxylic acid groups (broad SMARTS) is 1. The van der Waals surface area contributed by atoms with Crippen LogP contribution in [-0.4, -0.2) is 30.3 Å². The molecule has 0 heterocycles. The monoisotopic (exact) mass is 373 g/mol. The molecule has 2 aromatic carbocycles. The molecule has 0 aliphatic heterocycles. The van der Waals surface area contributed by atoms with E-state index < -0.39 is 22.5 Å². The molecular weight excluding hydrogens is 361 g/mol. The number of benzene rings is 2. The second kappa shape index (κ2) is 7.31. The molecule has 0 radical (unpaired) electrons. The zero-order valence-electron chi connectivity index (χ0n) is 11.8. The predicted molar refractivity (Wildman–Crippen MR) is 88.1 cm³/mol. The van der Waals surface area contributed by atoms with Gasteiger partial charge < -0.3 is 5.11 Å². The summed E-state index contributed by atoms with van der Waals surface area (Å²) in [7, 11) is -3.97. The maximum Gasteiger partial charge on any atom is 0.318 e. The summed E-state index contributed by atoms with van der Waals surface area (Å²) in [4.78, 5) is 11.0. The third-order valence-electron chi connectivity index (χ3n) is 3.01. The fourth-order valence-corrected chi connectivity index (χ4v) is 3.69. The minimum absolute atomic E-state index is 0.0230. The normalized spacial score (nSPS) is 11.6. The average molecular weight is 374 g/mol. The van der Waals surface area contributed by atoms with Gasteiger partial charge in [0, 0.05) is 16.6 Å². The Morgan fingerprint density at radius 2 is 1.70 bits per heavy atom. The highest BCUT2D eigenvalue weighted by Crippen LogP contribution is 2.21. The molecule has 0 aliphatic carbocycles. The van der Waals surface area contributed by atoms with Crippen LogP contribution in [0.15, 0.2) is 53.4 Å². The van der Waals surface area contributed by atoms with Gasteiger partial charge in [0.05, 0.1) is 4.90 Å². The first-order valence-electron chi connectivity index (χ1n) is 6.51. The van der Waals surface area contributed by atoms with Gasteiger partial charge in [0.25, 0.3) is 0 Å². The number of nitrogens with zero attached hydrogens (tertiary/aromatic N) is 1. The van der Waals surface area contributed by atoms with Gasteiger partial charge in [-0.2, -0.15) is 4.31 Å². The van der Waals surface area contributed by atoms with E-state index in [9.17, 15) is 13.2 Å². The van der Waals surface area contributed by atoms with Crippen LogP contribution in [0.5, 0.6) is 0 Å². The van der Waals surface area contributed by atoms with Crippen molar-refractivity contribution >= 4 is 39.2 Å². The first-order valence-corrected chi connectivity index (χ1v) is 8.70. The zero-order valence-corrected chi connectivity index (χ0v) is 14.1. The number of carbonyl (C=O) groups is 1. The summed E-state index contributed by atoms with van der Waals surface area (Å²) in [6.07, 6.45) is 0. The third kappa shape index (κ3) is 4.68. The van der Waals surface area contributed by atoms with E-state index >= 15 is 0 Å². The first-order chi connectivity index (χ1) is 10.8. The van der Waals surface area contributed by atoms with Crippen LogP contribution in [0.1, 0.15) is 5.56 Å². The van der Waals surface area contributed by atoms with Crippen LogP contribution in [0.25, 0.3) is 0 Å². The van der Waals surface area contributed by atoms with E-state index in [-0.39, 0.29) is 11.4 Å². The topological polar surface area (TPSA) is 74.7 Å². The maximum atomic E-state index is 12.7. The Morgan fingerprint density at radius 3 is 2.26 bits per heavy atom. The predicted octanol–water partition coefficient (Wildman–Crippen LogP) is 3.27. The van der Waals surface area contributed by atoms with Crippen molar-refractivity contribution in [2.24, 2.45) is 0 Å². The van der Waals surface area contributed by atoms with Crippen LogP contribution in [0.3, 0.4) is 0 Å². The quantitative estimate of drug-likeness (QED) is 0.842. The van der Waals surface area contributed by atoms with E-state index in [1.165, 1.54) is 24.3 Å². The Hall–Kier alpha value is -1.60. The highest BCUT2D eigenvalue weighted by molar-refractivity contribution is 7.89. The van der Waals surface area contributed by atoms with Crippen LogP contribution in [0.4, 0.5) is 0 Å². The average Bonchev–Trinajstić information content (AvgIpc) is 2.46. The maximum absolute atomic E-state index is 12.7. The van der Waals surface area contributed by atoms with Crippen molar-refractivity contribution in [3.63, 3.8) is 0 Å². The van der Waals surface area contributed by atoms with Gasteiger partial charge in [-0.25, -0.2) is 8.42 Å². The summed E-state index contributed by atoms with van der Waals surface area (Å²) < 4.78 is 26.2. The Balaban J connectivity index is 2.37. The van der Waals surface area contributed by atoms with E-state index in [0.717, 1.165) is 4.31 Å². The van der Waals surface area contributed by atoms with Gasteiger partial charge >= 0.3 is 5.97 Å². The molecule has 0 bridgehead atoms. The Kier molecular flexibility index (Phi) is 5.64. The molecule has 0 saturated heterocycles. The Bertz CT molecular complexity index is 806. The highest BCUT2D eigenvalue weighted by atomic mass is 35.5. The van der Waals surface area contributed by atoms with Crippen molar-refractivity contribution < 1.29 is 18.3 Å². The lowest BCUT2D eigenvalue weighted by Gasteiger charge is -2.20. The van der Waals surface area contributed by atoms with Gasteiger partial charge in [0.2, 0.25) is 10.0 Å². The summed E-state index contributed by atoms with van der Waals surface area (Å²) in [5, 5.41) is 9.86. The minimum atomic E-state index is -3.97. The summed E-state index contributed by atoms with van der Waals surface area (Å²) in [5.74, 6) is -1.25. The molecule has 1 N–H and O–H groups in total. The van der Waals surface area contributed by atoms with Crippen LogP contribution in [0, 0.1) is 0 Å². The lowest BCUT2D eigenvalue weighted by atomic mass is 10.2. The molecule has 0 fully saturated rings. The Morgan fingerprint density at radius 1 is 1.04 bits per heavy atom. The van der Waals surface area contributed by atoms with Gasteiger partial charge in [-0.05, 0) is 42.0 Å². The molecule has 0 spiro atoms. The lowest BCUT2D eigenvalue weighted by molar-refractivity contribution is -0.137. The summed E-state index contributed by atoms with van der Waals surface area (Å²) in [6.45, 7) is -0.755. The molecule has 0 amide bonds. The van der Waals surface area contributed by atoms with Crippen LogP contribution >= 0.6 is 23.2 Å². The van der Waals surface area contributed by atoms with Crippen molar-refractivity contribution in [1.82, 2.24) is 4.31 Å². The first kappa shape index (κ1) is 17.7. The molecule has 122 valence electrons. The van der Waals surface area contributed by atoms with Crippen molar-refractivity contribution in [2.45, 2.75) is 11.4 Å². The molecule has 23 heavy (non-hydrogen) atoms. The molecule has 5 nitrogen and oxygen atoms in total. The Labute approximate surface area is 144 Å². The minimum Gasteiger partial charge on any atom is -0.480 e. The van der Waals surface area contributed by atoms with Crippen molar-refractivity contribution in [1.29, 1.82) is 0 Å². The van der Waals surface area contributed by atoms with E-state index in [1.807, 2.05) is 0 Å². The molecule has 0 atom stereocenters. The van der Waals surface area contributed by atoms with Gasteiger partial charge in [-0.1, -0.05) is 35.3 Å². The van der Waals surface area contributed by atoms with E-state index in [0.29, 0.717) is 15.6 Å². The summed E-state index contributed by atoms with van der Waals surface area (Å²) >= 11 is 11.6. The second-order valence-electron chi connectivity index (χ2n) is 4.75. The van der Waals surface area contributed by atoms with Gasteiger partial charge in [-0.3, -0.25) is 4.79 Å². The summed E-state index contributed by atoms with van der Waals surface area (Å²) in [6, 6.07) is 12.1. The number of hydrogen-bond donors (Lipinski definition) is 1. The number of sulfonamides is 1. The van der Waals surface area contributed by atoms with Crippen molar-refractivity contribution in [3.8, 4) is 0 Å². The zero-order chi connectivity index (χ0) is 17.0. The van der Waals surface area contributed by atoms with Crippen LogP contribution < -0.4 is 0 Å². The number of aliphatic carboxylic acids is 1. The van der Waals surface area contributed by atoms with Gasteiger partial charge in [0.1, 0.15) is 6.54 Å². The van der Waals surface area contributed by atoms with Crippen LogP contribution in [-0.2, 0) is 21.4 Å².